The third-order valence-corrected chi connectivity index (χ3v) is 9.70. The van der Waals surface area contributed by atoms with E-state index in [4.69, 9.17) is 4.74 Å². The lowest BCUT2D eigenvalue weighted by Gasteiger charge is -2.65. The van der Waals surface area contributed by atoms with Gasteiger partial charge in [0.15, 0.2) is 5.78 Å². The number of esters is 1. The summed E-state index contributed by atoms with van der Waals surface area (Å²) in [6, 6.07) is 0. The van der Waals surface area contributed by atoms with Crippen molar-refractivity contribution in [2.45, 2.75) is 96.4 Å². The molecule has 29 heavy (non-hydrogen) atoms. The normalized spacial score (nSPS) is 51.6. The van der Waals surface area contributed by atoms with Crippen LogP contribution in [0, 0.1) is 28.6 Å². The summed E-state index contributed by atoms with van der Waals surface area (Å²) >= 11 is 0. The highest BCUT2D eigenvalue weighted by Gasteiger charge is 2.71. The van der Waals surface area contributed by atoms with Crippen LogP contribution in [0.15, 0.2) is 0 Å². The van der Waals surface area contributed by atoms with Gasteiger partial charge in [0, 0.05) is 30.6 Å². The van der Waals surface area contributed by atoms with Crippen LogP contribution in [-0.2, 0) is 19.1 Å². The minimum atomic E-state index is -1.35. The molecule has 0 saturated heterocycles. The molecule has 6 heteroatoms. The molecule has 4 aliphatic rings. The number of aliphatic hydroxyl groups is 2. The maximum absolute atomic E-state index is 12.4. The molecule has 4 aliphatic carbocycles. The minimum Gasteiger partial charge on any atom is -0.459 e. The first-order chi connectivity index (χ1) is 13.4. The van der Waals surface area contributed by atoms with E-state index in [1.807, 2.05) is 6.92 Å². The zero-order valence-electron chi connectivity index (χ0n) is 18.0. The van der Waals surface area contributed by atoms with E-state index in [0.717, 1.165) is 19.3 Å². The Labute approximate surface area is 172 Å². The highest BCUT2D eigenvalue weighted by atomic mass is 16.6. The van der Waals surface area contributed by atoms with E-state index in [1.54, 1.807) is 0 Å². The van der Waals surface area contributed by atoms with Crippen LogP contribution in [-0.4, -0.2) is 45.1 Å². The number of carbonyl (C=O) groups excluding carboxylic acids is 3. The van der Waals surface area contributed by atoms with Crippen LogP contribution in [0.5, 0.6) is 0 Å². The fourth-order valence-corrected chi connectivity index (χ4v) is 7.98. The van der Waals surface area contributed by atoms with Crippen LogP contribution in [0.25, 0.3) is 0 Å². The van der Waals surface area contributed by atoms with Gasteiger partial charge in [-0.2, -0.15) is 0 Å². The lowest BCUT2D eigenvalue weighted by Crippen LogP contribution is -2.69. The van der Waals surface area contributed by atoms with E-state index in [-0.39, 0.29) is 35.7 Å². The van der Waals surface area contributed by atoms with Crippen LogP contribution in [0.4, 0.5) is 0 Å². The lowest BCUT2D eigenvalue weighted by atomic mass is 9.42. The van der Waals surface area contributed by atoms with Gasteiger partial charge in [0.25, 0.3) is 0 Å². The van der Waals surface area contributed by atoms with E-state index < -0.39 is 34.1 Å². The summed E-state index contributed by atoms with van der Waals surface area (Å²) in [5.74, 6) is -0.142. The second-order valence-corrected chi connectivity index (χ2v) is 10.7. The SMILES string of the molecule is CC(=O)OC1CC2C3CC[C@](O)(C(C)=O)C3(C)CCC2C2(C)CCC(=O)C[C@]12O. The van der Waals surface area contributed by atoms with Gasteiger partial charge in [0.2, 0.25) is 0 Å². The van der Waals surface area contributed by atoms with Crippen LogP contribution < -0.4 is 0 Å². The van der Waals surface area contributed by atoms with Gasteiger partial charge in [-0.25, -0.2) is 0 Å². The summed E-state index contributed by atoms with van der Waals surface area (Å²) in [6.45, 7) is 6.92. The largest absolute Gasteiger partial charge is 0.459 e. The highest BCUT2D eigenvalue weighted by molar-refractivity contribution is 5.86. The van der Waals surface area contributed by atoms with Crippen molar-refractivity contribution in [2.75, 3.05) is 0 Å². The quantitative estimate of drug-likeness (QED) is 0.684. The molecule has 8 atom stereocenters. The Morgan fingerprint density at radius 3 is 2.24 bits per heavy atom. The number of rotatable bonds is 2. The summed E-state index contributed by atoms with van der Waals surface area (Å²) < 4.78 is 5.64. The number of fused-ring (bicyclic) bond motifs is 5. The lowest BCUT2D eigenvalue weighted by molar-refractivity contribution is -0.258. The molecule has 0 amide bonds. The molecule has 0 aromatic rings. The summed E-state index contributed by atoms with van der Waals surface area (Å²) in [5.41, 5.74) is -3.69. The minimum absolute atomic E-state index is 0.0213. The van der Waals surface area contributed by atoms with E-state index in [1.165, 1.54) is 13.8 Å². The maximum atomic E-state index is 12.4. The van der Waals surface area contributed by atoms with Crippen molar-refractivity contribution in [3.05, 3.63) is 0 Å². The molecular weight excluding hydrogens is 372 g/mol. The van der Waals surface area contributed by atoms with Gasteiger partial charge in [-0.05, 0) is 63.2 Å². The van der Waals surface area contributed by atoms with Crippen LogP contribution in [0.1, 0.15) is 79.1 Å². The Hall–Kier alpha value is -1.27. The molecule has 0 heterocycles. The molecule has 0 aromatic carbocycles. The fourth-order valence-electron chi connectivity index (χ4n) is 7.98. The van der Waals surface area contributed by atoms with Gasteiger partial charge in [-0.1, -0.05) is 13.8 Å². The van der Waals surface area contributed by atoms with Gasteiger partial charge < -0.3 is 14.9 Å². The van der Waals surface area contributed by atoms with Crippen LogP contribution in [0.2, 0.25) is 0 Å². The van der Waals surface area contributed by atoms with E-state index in [2.05, 4.69) is 6.92 Å². The smallest absolute Gasteiger partial charge is 0.303 e. The van der Waals surface area contributed by atoms with Gasteiger partial charge in [-0.15, -0.1) is 0 Å². The Kier molecular flexibility index (Phi) is 4.60. The van der Waals surface area contributed by atoms with Crippen molar-refractivity contribution in [3.63, 3.8) is 0 Å². The van der Waals surface area contributed by atoms with Gasteiger partial charge >= 0.3 is 5.97 Å². The number of ketones is 2. The number of hydrogen-bond acceptors (Lipinski definition) is 6. The van der Waals surface area contributed by atoms with Crippen molar-refractivity contribution < 1.29 is 29.3 Å². The molecule has 0 spiro atoms. The monoisotopic (exact) mass is 406 g/mol. The summed E-state index contributed by atoms with van der Waals surface area (Å²) in [6.07, 6.45) is 3.56. The second-order valence-electron chi connectivity index (χ2n) is 10.7. The van der Waals surface area contributed by atoms with Crippen molar-refractivity contribution in [3.8, 4) is 0 Å². The predicted octanol–water partition coefficient (Wildman–Crippen LogP) is 2.57. The first-order valence-corrected chi connectivity index (χ1v) is 11.0. The molecule has 4 saturated carbocycles. The number of Topliss-reactive ketones (excluding diaryl/α,β-unsaturated/α-hetero) is 2. The Morgan fingerprint density at radius 2 is 1.62 bits per heavy atom. The molecule has 6 nitrogen and oxygen atoms in total. The molecule has 0 aliphatic heterocycles. The van der Waals surface area contributed by atoms with Crippen LogP contribution >= 0.6 is 0 Å². The van der Waals surface area contributed by atoms with Gasteiger partial charge in [0.1, 0.15) is 23.1 Å². The molecule has 0 bridgehead atoms. The molecule has 162 valence electrons. The summed E-state index contributed by atoms with van der Waals surface area (Å²) in [5, 5.41) is 23.0. The van der Waals surface area contributed by atoms with Crippen molar-refractivity contribution in [1.82, 2.24) is 0 Å². The Balaban J connectivity index is 1.76. The zero-order valence-corrected chi connectivity index (χ0v) is 18.0. The Morgan fingerprint density at radius 1 is 1.00 bits per heavy atom. The van der Waals surface area contributed by atoms with Gasteiger partial charge in [-0.3, -0.25) is 14.4 Å². The molecule has 0 aromatic heterocycles. The standard InChI is InChI=1S/C23H34O6/c1-13(24)22(27)10-7-18-16-11-19(29-14(2)25)23(28)12-15(26)5-8-21(23,4)17(16)6-9-20(18,22)3/h16-19,27-28H,5-12H2,1-4H3/t16?,17?,18?,19?,20?,21?,22-,23-/m0/s1. The van der Waals surface area contributed by atoms with E-state index in [9.17, 15) is 24.6 Å². The summed E-state index contributed by atoms with van der Waals surface area (Å²) in [4.78, 5) is 36.5. The average molecular weight is 407 g/mol. The maximum Gasteiger partial charge on any atom is 0.303 e. The zero-order chi connectivity index (χ0) is 21.4. The molecule has 2 N–H and O–H groups in total. The molecule has 4 fully saturated rings. The third kappa shape index (κ3) is 2.57. The highest BCUT2D eigenvalue weighted by Crippen LogP contribution is 2.69. The Bertz CT molecular complexity index is 762. The number of ether oxygens (including phenoxy) is 1. The first kappa shape index (κ1) is 21.0. The summed E-state index contributed by atoms with van der Waals surface area (Å²) in [7, 11) is 0. The fraction of sp³-hybridized carbons (Fsp3) is 0.870. The third-order valence-electron chi connectivity index (χ3n) is 9.70. The predicted molar refractivity (Wildman–Crippen MR) is 105 cm³/mol. The van der Waals surface area contributed by atoms with Crippen molar-refractivity contribution >= 4 is 17.5 Å². The number of carbonyl (C=O) groups is 3. The van der Waals surface area contributed by atoms with E-state index >= 15 is 0 Å². The first-order valence-electron chi connectivity index (χ1n) is 11.0. The van der Waals surface area contributed by atoms with Crippen LogP contribution in [0.3, 0.4) is 0 Å². The number of hydrogen-bond donors (Lipinski definition) is 2. The van der Waals surface area contributed by atoms with Gasteiger partial charge in [0.05, 0.1) is 0 Å². The average Bonchev–Trinajstić information content (AvgIpc) is 2.90. The molecule has 4 rings (SSSR count). The van der Waals surface area contributed by atoms with Crippen molar-refractivity contribution in [1.29, 1.82) is 0 Å². The van der Waals surface area contributed by atoms with Crippen molar-refractivity contribution in [2.24, 2.45) is 28.6 Å². The topological polar surface area (TPSA) is 101 Å². The second kappa shape index (κ2) is 6.36. The molecular formula is C23H34O6. The van der Waals surface area contributed by atoms with E-state index in [0.29, 0.717) is 25.7 Å². The molecule has 6 unspecified atom stereocenters. The molecule has 0 radical (unpaired) electrons.